The van der Waals surface area contributed by atoms with Crippen LogP contribution < -0.4 is 5.73 Å². The van der Waals surface area contributed by atoms with Gasteiger partial charge in [0.15, 0.2) is 5.78 Å². The molecule has 1 unspecified atom stereocenters. The summed E-state index contributed by atoms with van der Waals surface area (Å²) < 4.78 is 0.968. The summed E-state index contributed by atoms with van der Waals surface area (Å²) in [5.74, 6) is 0.0231. The van der Waals surface area contributed by atoms with Gasteiger partial charge < -0.3 is 10.9 Å². The first-order chi connectivity index (χ1) is 10.6. The number of Topliss-reactive ketones (excluding diaryl/α,β-unsaturated/α-hetero) is 1. The van der Waals surface area contributed by atoms with Crippen molar-refractivity contribution in [2.24, 2.45) is 5.16 Å². The maximum absolute atomic E-state index is 12.5. The Morgan fingerprint density at radius 1 is 1.32 bits per heavy atom. The predicted molar refractivity (Wildman–Crippen MR) is 85.4 cm³/mol. The number of halogens is 1. The molecule has 0 saturated heterocycles. The van der Waals surface area contributed by atoms with Gasteiger partial charge in [-0.25, -0.2) is 9.97 Å². The molecule has 1 aromatic carbocycles. The Morgan fingerprint density at radius 3 is 2.82 bits per heavy atom. The van der Waals surface area contributed by atoms with Crippen molar-refractivity contribution in [2.75, 3.05) is 5.73 Å². The Kier molecular flexibility index (Phi) is 3.89. The molecule has 1 heterocycles. The molecule has 1 atom stereocenters. The molecule has 2 aromatic rings. The van der Waals surface area contributed by atoms with Crippen molar-refractivity contribution in [3.63, 3.8) is 0 Å². The highest BCUT2D eigenvalue weighted by molar-refractivity contribution is 9.10. The Bertz CT molecular complexity index is 776. The zero-order valence-corrected chi connectivity index (χ0v) is 13.1. The lowest BCUT2D eigenvalue weighted by molar-refractivity contribution is 0.0962. The van der Waals surface area contributed by atoms with E-state index in [-0.39, 0.29) is 23.3 Å². The van der Waals surface area contributed by atoms with E-state index in [1.54, 1.807) is 0 Å². The van der Waals surface area contributed by atoms with Crippen molar-refractivity contribution < 1.29 is 10.0 Å². The minimum Gasteiger partial charge on any atom is -0.411 e. The SMILES string of the molecule is Nc1nc(C=NO)c2c(n1)CC(c1ccccc1Br)CC2=O. The molecule has 1 aliphatic carbocycles. The number of nitrogen functional groups attached to an aromatic ring is 1. The number of nitrogens with two attached hydrogens (primary N) is 1. The van der Waals surface area contributed by atoms with Crippen LogP contribution in [-0.2, 0) is 6.42 Å². The lowest BCUT2D eigenvalue weighted by atomic mass is 9.81. The van der Waals surface area contributed by atoms with Crippen LogP contribution in [0.2, 0.25) is 0 Å². The highest BCUT2D eigenvalue weighted by Crippen LogP contribution is 2.36. The van der Waals surface area contributed by atoms with E-state index in [1.165, 1.54) is 0 Å². The average Bonchev–Trinajstić information content (AvgIpc) is 2.47. The van der Waals surface area contributed by atoms with E-state index >= 15 is 0 Å². The van der Waals surface area contributed by atoms with E-state index in [2.05, 4.69) is 31.1 Å². The van der Waals surface area contributed by atoms with Crippen LogP contribution in [-0.4, -0.2) is 27.2 Å². The maximum Gasteiger partial charge on any atom is 0.220 e. The Balaban J connectivity index is 2.07. The zero-order chi connectivity index (χ0) is 15.7. The van der Waals surface area contributed by atoms with Crippen LogP contribution in [0, 0.1) is 0 Å². The third kappa shape index (κ3) is 2.59. The number of ketones is 1. The molecular weight excluding hydrogens is 348 g/mol. The maximum atomic E-state index is 12.5. The van der Waals surface area contributed by atoms with Crippen LogP contribution in [0.5, 0.6) is 0 Å². The average molecular weight is 361 g/mol. The summed E-state index contributed by atoms with van der Waals surface area (Å²) in [4.78, 5) is 20.7. The van der Waals surface area contributed by atoms with Crippen LogP contribution in [0.4, 0.5) is 5.95 Å². The molecule has 3 N–H and O–H groups in total. The standard InChI is InChI=1S/C15H13BrN4O2/c16-10-4-2-1-3-9(10)8-5-11-14(13(21)6-8)12(7-18-22)20-15(17)19-11/h1-4,7-8,22H,5-6H2,(H2,17,19,20). The molecule has 7 heteroatoms. The number of oxime groups is 1. The number of nitrogens with zero attached hydrogens (tertiary/aromatic N) is 3. The van der Waals surface area contributed by atoms with E-state index in [1.807, 2.05) is 24.3 Å². The van der Waals surface area contributed by atoms with E-state index in [0.717, 1.165) is 16.3 Å². The van der Waals surface area contributed by atoms with Gasteiger partial charge in [0.1, 0.15) is 5.69 Å². The smallest absolute Gasteiger partial charge is 0.220 e. The molecule has 1 aromatic heterocycles. The summed E-state index contributed by atoms with van der Waals surface area (Å²) in [7, 11) is 0. The van der Waals surface area contributed by atoms with Crippen molar-refractivity contribution in [3.05, 3.63) is 51.3 Å². The van der Waals surface area contributed by atoms with Gasteiger partial charge in [0, 0.05) is 10.9 Å². The summed E-state index contributed by atoms with van der Waals surface area (Å²) in [5, 5.41) is 11.7. The first-order valence-electron chi connectivity index (χ1n) is 6.71. The molecule has 112 valence electrons. The number of carbonyl (C=O) groups excluding carboxylic acids is 1. The molecule has 0 amide bonds. The second-order valence-corrected chi connectivity index (χ2v) is 5.94. The van der Waals surface area contributed by atoms with Gasteiger partial charge in [-0.05, 0) is 24.0 Å². The van der Waals surface area contributed by atoms with Crippen LogP contribution in [0.15, 0.2) is 33.9 Å². The number of benzene rings is 1. The van der Waals surface area contributed by atoms with E-state index in [0.29, 0.717) is 24.1 Å². The number of fused-ring (bicyclic) bond motifs is 1. The predicted octanol–water partition coefficient (Wildman–Crippen LogP) is 2.54. The van der Waals surface area contributed by atoms with Gasteiger partial charge in [-0.2, -0.15) is 0 Å². The second-order valence-electron chi connectivity index (χ2n) is 5.08. The number of carbonyl (C=O) groups is 1. The molecule has 0 spiro atoms. The summed E-state index contributed by atoms with van der Waals surface area (Å²) in [5.41, 5.74) is 8.01. The van der Waals surface area contributed by atoms with Gasteiger partial charge >= 0.3 is 0 Å². The topological polar surface area (TPSA) is 101 Å². The van der Waals surface area contributed by atoms with Gasteiger partial charge in [0.05, 0.1) is 17.5 Å². The van der Waals surface area contributed by atoms with Gasteiger partial charge in [0.2, 0.25) is 5.95 Å². The fourth-order valence-corrected chi connectivity index (χ4v) is 3.41. The molecule has 0 aliphatic heterocycles. The molecule has 22 heavy (non-hydrogen) atoms. The second kappa shape index (κ2) is 5.84. The molecule has 0 bridgehead atoms. The van der Waals surface area contributed by atoms with Gasteiger partial charge in [0.25, 0.3) is 0 Å². The molecule has 6 nitrogen and oxygen atoms in total. The molecule has 0 saturated carbocycles. The van der Waals surface area contributed by atoms with Gasteiger partial charge in [-0.15, -0.1) is 0 Å². The van der Waals surface area contributed by atoms with Crippen molar-refractivity contribution in [3.8, 4) is 0 Å². The molecule has 1 aliphatic rings. The van der Waals surface area contributed by atoms with Crippen molar-refractivity contribution in [1.29, 1.82) is 0 Å². The fourth-order valence-electron chi connectivity index (χ4n) is 2.80. The van der Waals surface area contributed by atoms with Crippen LogP contribution in [0.1, 0.15) is 39.6 Å². The summed E-state index contributed by atoms with van der Waals surface area (Å²) in [6, 6.07) is 7.82. The van der Waals surface area contributed by atoms with Crippen molar-refractivity contribution >= 4 is 33.9 Å². The zero-order valence-electron chi connectivity index (χ0n) is 11.5. The van der Waals surface area contributed by atoms with E-state index < -0.39 is 0 Å². The van der Waals surface area contributed by atoms with E-state index in [4.69, 9.17) is 10.9 Å². The van der Waals surface area contributed by atoms with Crippen LogP contribution in [0.3, 0.4) is 0 Å². The number of rotatable bonds is 2. The number of aromatic nitrogens is 2. The van der Waals surface area contributed by atoms with Crippen LogP contribution in [0.25, 0.3) is 0 Å². The quantitative estimate of drug-likeness (QED) is 0.486. The third-order valence-electron chi connectivity index (χ3n) is 3.70. The summed E-state index contributed by atoms with van der Waals surface area (Å²) in [6.07, 6.45) is 2.06. The Morgan fingerprint density at radius 2 is 2.09 bits per heavy atom. The Hall–Kier alpha value is -2.28. The summed E-state index contributed by atoms with van der Waals surface area (Å²) >= 11 is 3.52. The van der Waals surface area contributed by atoms with Crippen LogP contribution >= 0.6 is 15.9 Å². The molecule has 0 fully saturated rings. The number of hydrogen-bond donors (Lipinski definition) is 2. The minimum atomic E-state index is -0.0723. The fraction of sp³-hybridized carbons (Fsp3) is 0.200. The lowest BCUT2D eigenvalue weighted by Gasteiger charge is -2.24. The van der Waals surface area contributed by atoms with Crippen molar-refractivity contribution in [2.45, 2.75) is 18.8 Å². The van der Waals surface area contributed by atoms with Gasteiger partial charge in [-0.1, -0.05) is 39.3 Å². The molecule has 3 rings (SSSR count). The largest absolute Gasteiger partial charge is 0.411 e. The normalized spacial score (nSPS) is 17.7. The number of hydrogen-bond acceptors (Lipinski definition) is 6. The highest BCUT2D eigenvalue weighted by Gasteiger charge is 2.31. The lowest BCUT2D eigenvalue weighted by Crippen LogP contribution is -2.24. The Labute approximate surface area is 135 Å². The first-order valence-corrected chi connectivity index (χ1v) is 7.51. The summed E-state index contributed by atoms with van der Waals surface area (Å²) in [6.45, 7) is 0. The molecule has 0 radical (unpaired) electrons. The minimum absolute atomic E-state index is 0.0313. The third-order valence-corrected chi connectivity index (χ3v) is 4.43. The highest BCUT2D eigenvalue weighted by atomic mass is 79.9. The molecular formula is C15H13BrN4O2. The first kappa shape index (κ1) is 14.6. The monoisotopic (exact) mass is 360 g/mol. The number of anilines is 1. The van der Waals surface area contributed by atoms with Gasteiger partial charge in [-0.3, -0.25) is 4.79 Å². The van der Waals surface area contributed by atoms with Crippen molar-refractivity contribution in [1.82, 2.24) is 9.97 Å². The van der Waals surface area contributed by atoms with E-state index in [9.17, 15) is 4.79 Å².